The summed E-state index contributed by atoms with van der Waals surface area (Å²) in [6, 6.07) is 11.8. The monoisotopic (exact) mass is 611 g/mol. The van der Waals surface area contributed by atoms with Crippen LogP contribution in [0.5, 0.6) is 11.5 Å². The highest BCUT2D eigenvalue weighted by atomic mass is 35.5. The second-order valence-electron chi connectivity index (χ2n) is 9.00. The Balaban J connectivity index is 1.73. The molecule has 214 valence electrons. The van der Waals surface area contributed by atoms with E-state index in [2.05, 4.69) is 0 Å². The van der Waals surface area contributed by atoms with E-state index < -0.39 is 38.3 Å². The fourth-order valence-electron chi connectivity index (χ4n) is 4.28. The average molecular weight is 612 g/mol. The van der Waals surface area contributed by atoms with Gasteiger partial charge >= 0.3 is 0 Å². The molecule has 0 saturated heterocycles. The number of halogens is 2. The lowest BCUT2D eigenvalue weighted by atomic mass is 10.2. The number of benzene rings is 3. The summed E-state index contributed by atoms with van der Waals surface area (Å²) < 4.78 is 79.1. The molecule has 1 amide bonds. The van der Waals surface area contributed by atoms with Crippen molar-refractivity contribution < 1.29 is 35.5 Å². The van der Waals surface area contributed by atoms with Crippen molar-refractivity contribution in [2.75, 3.05) is 50.6 Å². The number of sulfonamides is 2. The summed E-state index contributed by atoms with van der Waals surface area (Å²) in [5, 5.41) is -0.321. The first-order chi connectivity index (χ1) is 18.8. The smallest absolute Gasteiger partial charge is 0.264 e. The minimum Gasteiger partial charge on any atom is -0.493 e. The summed E-state index contributed by atoms with van der Waals surface area (Å²) in [7, 11) is -2.46. The van der Waals surface area contributed by atoms with Crippen molar-refractivity contribution in [3.63, 3.8) is 0 Å². The van der Waals surface area contributed by atoms with E-state index in [9.17, 15) is 26.0 Å². The number of rotatable bonds is 9. The van der Waals surface area contributed by atoms with Crippen LogP contribution in [0, 0.1) is 5.82 Å². The Morgan fingerprint density at radius 3 is 2.20 bits per heavy atom. The van der Waals surface area contributed by atoms with Gasteiger partial charge in [0.15, 0.2) is 11.5 Å². The summed E-state index contributed by atoms with van der Waals surface area (Å²) in [5.41, 5.74) is 1.08. The SMILES string of the molecule is COc1ccc(S(=O)(=O)N(CC(=O)N2CCc3cc(S(=O)(=O)N(C)C)ccc32)c2ccc(F)c(Cl)c2)cc1OC. The molecule has 4 rings (SSSR count). The molecule has 1 aliphatic heterocycles. The number of hydrogen-bond donors (Lipinski definition) is 0. The van der Waals surface area contributed by atoms with E-state index in [-0.39, 0.29) is 32.8 Å². The van der Waals surface area contributed by atoms with Crippen molar-refractivity contribution >= 4 is 48.9 Å². The highest BCUT2D eigenvalue weighted by Crippen LogP contribution is 2.35. The highest BCUT2D eigenvalue weighted by molar-refractivity contribution is 7.92. The van der Waals surface area contributed by atoms with Crippen LogP contribution in [0.1, 0.15) is 5.56 Å². The van der Waals surface area contributed by atoms with Crippen molar-refractivity contribution in [3.8, 4) is 11.5 Å². The average Bonchev–Trinajstić information content (AvgIpc) is 3.36. The third kappa shape index (κ3) is 5.46. The zero-order valence-corrected chi connectivity index (χ0v) is 24.5. The quantitative estimate of drug-likeness (QED) is 0.364. The number of fused-ring (bicyclic) bond motifs is 1. The van der Waals surface area contributed by atoms with E-state index in [1.807, 2.05) is 0 Å². The summed E-state index contributed by atoms with van der Waals surface area (Å²) in [6.45, 7) is -0.427. The van der Waals surface area contributed by atoms with E-state index in [1.165, 1.54) is 75.7 Å². The fraction of sp³-hybridized carbons (Fsp3) is 0.269. The first kappa shape index (κ1) is 29.6. The van der Waals surface area contributed by atoms with Crippen LogP contribution in [0.2, 0.25) is 5.02 Å². The molecule has 3 aromatic carbocycles. The van der Waals surface area contributed by atoms with Crippen LogP contribution >= 0.6 is 11.6 Å². The van der Waals surface area contributed by atoms with Crippen molar-refractivity contribution in [2.45, 2.75) is 16.2 Å². The van der Waals surface area contributed by atoms with Gasteiger partial charge in [-0.1, -0.05) is 11.6 Å². The minimum absolute atomic E-state index is 0.0265. The van der Waals surface area contributed by atoms with Gasteiger partial charge in [-0.15, -0.1) is 0 Å². The molecule has 10 nitrogen and oxygen atoms in total. The van der Waals surface area contributed by atoms with Gasteiger partial charge in [0, 0.05) is 32.4 Å². The normalized spacial score (nSPS) is 13.3. The molecule has 0 aromatic heterocycles. The second-order valence-corrected chi connectivity index (χ2v) is 13.4. The predicted molar refractivity (Wildman–Crippen MR) is 149 cm³/mol. The molecule has 0 aliphatic carbocycles. The zero-order valence-electron chi connectivity index (χ0n) is 22.1. The number of carbonyl (C=O) groups excluding carboxylic acids is 1. The lowest BCUT2D eigenvalue weighted by Gasteiger charge is -2.27. The van der Waals surface area contributed by atoms with Gasteiger partial charge in [0.1, 0.15) is 12.4 Å². The summed E-state index contributed by atoms with van der Waals surface area (Å²) in [4.78, 5) is 14.9. The molecule has 0 N–H and O–H groups in total. The lowest BCUT2D eigenvalue weighted by molar-refractivity contribution is -0.117. The molecule has 1 aliphatic rings. The van der Waals surface area contributed by atoms with E-state index >= 15 is 0 Å². The molecule has 0 radical (unpaired) electrons. The molecule has 3 aromatic rings. The molecule has 14 heteroatoms. The van der Waals surface area contributed by atoms with E-state index in [0.717, 1.165) is 20.7 Å². The standard InChI is InChI=1S/C26H27ClFN3O7S2/c1-29(2)39(33,34)19-6-9-23-17(13-19)11-12-30(23)26(32)16-31(18-5-8-22(28)21(27)14-18)40(35,36)20-7-10-24(37-3)25(15-20)38-4/h5-10,13-15H,11-12,16H2,1-4H3. The minimum atomic E-state index is -4.39. The number of ether oxygens (including phenoxy) is 2. The molecule has 0 bridgehead atoms. The van der Waals surface area contributed by atoms with Crippen molar-refractivity contribution in [3.05, 3.63) is 71.0 Å². The van der Waals surface area contributed by atoms with Gasteiger partial charge in [0.2, 0.25) is 15.9 Å². The molecule has 0 spiro atoms. The van der Waals surface area contributed by atoms with Gasteiger partial charge in [-0.25, -0.2) is 25.5 Å². The Kier molecular flexibility index (Phi) is 8.31. The van der Waals surface area contributed by atoms with Crippen LogP contribution in [-0.4, -0.2) is 68.5 Å². The first-order valence-electron chi connectivity index (χ1n) is 11.9. The number of hydrogen-bond acceptors (Lipinski definition) is 7. The summed E-state index contributed by atoms with van der Waals surface area (Å²) >= 11 is 5.96. The highest BCUT2D eigenvalue weighted by Gasteiger charge is 2.33. The Hall–Kier alpha value is -3.39. The third-order valence-electron chi connectivity index (χ3n) is 6.44. The molecule has 0 unspecified atom stereocenters. The fourth-order valence-corrected chi connectivity index (χ4v) is 6.83. The maximum atomic E-state index is 14.0. The van der Waals surface area contributed by atoms with Gasteiger partial charge in [0.05, 0.1) is 34.7 Å². The van der Waals surface area contributed by atoms with Crippen LogP contribution < -0.4 is 18.7 Å². The van der Waals surface area contributed by atoms with Crippen molar-refractivity contribution in [1.82, 2.24) is 4.31 Å². The Bertz CT molecular complexity index is 1680. The first-order valence-corrected chi connectivity index (χ1v) is 15.1. The van der Waals surface area contributed by atoms with Crippen LogP contribution in [-0.2, 0) is 31.3 Å². The molecule has 40 heavy (non-hydrogen) atoms. The molecule has 0 fully saturated rings. The van der Waals surface area contributed by atoms with Gasteiger partial charge < -0.3 is 14.4 Å². The van der Waals surface area contributed by atoms with Gasteiger partial charge in [-0.3, -0.25) is 9.10 Å². The van der Waals surface area contributed by atoms with Gasteiger partial charge in [-0.05, 0) is 60.5 Å². The van der Waals surface area contributed by atoms with E-state index in [0.29, 0.717) is 23.4 Å². The van der Waals surface area contributed by atoms with Gasteiger partial charge in [0.25, 0.3) is 10.0 Å². The topological polar surface area (TPSA) is 114 Å². The number of anilines is 2. The maximum absolute atomic E-state index is 14.0. The maximum Gasteiger partial charge on any atom is 0.264 e. The number of nitrogens with zero attached hydrogens (tertiary/aromatic N) is 3. The lowest BCUT2D eigenvalue weighted by Crippen LogP contribution is -2.42. The summed E-state index contributed by atoms with van der Waals surface area (Å²) in [5.74, 6) is -0.870. The molecule has 1 heterocycles. The molecule has 0 saturated carbocycles. The number of amides is 1. The summed E-state index contributed by atoms with van der Waals surface area (Å²) in [6.07, 6.45) is 0.378. The Morgan fingerprint density at radius 1 is 0.925 bits per heavy atom. The predicted octanol–water partition coefficient (Wildman–Crippen LogP) is 3.53. The molecular weight excluding hydrogens is 585 g/mol. The third-order valence-corrected chi connectivity index (χ3v) is 10.3. The van der Waals surface area contributed by atoms with Crippen molar-refractivity contribution in [1.29, 1.82) is 0 Å². The van der Waals surface area contributed by atoms with E-state index in [4.69, 9.17) is 21.1 Å². The zero-order chi connectivity index (χ0) is 29.4. The molecular formula is C26H27ClFN3O7S2. The van der Waals surface area contributed by atoms with Gasteiger partial charge in [-0.2, -0.15) is 0 Å². The molecule has 0 atom stereocenters. The Labute approximate surface area is 237 Å². The van der Waals surface area contributed by atoms with Crippen LogP contribution in [0.15, 0.2) is 64.4 Å². The Morgan fingerprint density at radius 2 is 1.57 bits per heavy atom. The number of carbonyl (C=O) groups is 1. The number of methoxy groups -OCH3 is 2. The largest absolute Gasteiger partial charge is 0.493 e. The van der Waals surface area contributed by atoms with Crippen molar-refractivity contribution in [2.24, 2.45) is 0 Å². The van der Waals surface area contributed by atoms with Crippen LogP contribution in [0.3, 0.4) is 0 Å². The van der Waals surface area contributed by atoms with Crippen LogP contribution in [0.4, 0.5) is 15.8 Å². The van der Waals surface area contributed by atoms with Crippen LogP contribution in [0.25, 0.3) is 0 Å². The second kappa shape index (κ2) is 11.2. The van der Waals surface area contributed by atoms with E-state index in [1.54, 1.807) is 0 Å².